The molecule has 0 radical (unpaired) electrons. The third-order valence-corrected chi connectivity index (χ3v) is 3.67. The Bertz CT molecular complexity index is 609. The highest BCUT2D eigenvalue weighted by molar-refractivity contribution is 5.97. The van der Waals surface area contributed by atoms with E-state index in [1.165, 1.54) is 0 Å². The molecule has 25 heavy (non-hydrogen) atoms. The Hall–Kier alpha value is -2.03. The number of nitriles is 1. The van der Waals surface area contributed by atoms with Crippen LogP contribution in [0.1, 0.15) is 19.4 Å². The highest BCUT2D eigenvalue weighted by atomic mass is 35.5. The van der Waals surface area contributed by atoms with Crippen LogP contribution < -0.4 is 17.3 Å². The monoisotopic (exact) mass is 365 g/mol. The van der Waals surface area contributed by atoms with Crippen LogP contribution in [0.15, 0.2) is 29.8 Å². The third kappa shape index (κ3) is 8.06. The molecule has 0 unspecified atom stereocenters. The van der Waals surface area contributed by atoms with E-state index < -0.39 is 5.97 Å². The van der Waals surface area contributed by atoms with Crippen LogP contribution in [0.2, 0.25) is 0 Å². The summed E-state index contributed by atoms with van der Waals surface area (Å²) >= 11 is 0. The van der Waals surface area contributed by atoms with Crippen LogP contribution in [-0.4, -0.2) is 57.8 Å². The minimum atomic E-state index is -0.571. The van der Waals surface area contributed by atoms with Crippen LogP contribution in [0.25, 0.3) is 6.08 Å². The summed E-state index contributed by atoms with van der Waals surface area (Å²) in [5.74, 6) is -0.571. The second kappa shape index (κ2) is 10.8. The normalized spacial score (nSPS) is 11.3. The molecule has 1 aromatic rings. The molecule has 0 fully saturated rings. The first-order valence-corrected chi connectivity index (χ1v) is 8.25. The number of esters is 1. The molecule has 1 aromatic carbocycles. The number of hydrogen-bond donors (Lipinski definition) is 0. The van der Waals surface area contributed by atoms with E-state index in [2.05, 4.69) is 18.7 Å². The summed E-state index contributed by atoms with van der Waals surface area (Å²) in [5, 5.41) is 9.20. The highest BCUT2D eigenvalue weighted by Crippen LogP contribution is 2.17. The maximum atomic E-state index is 12.0. The lowest BCUT2D eigenvalue weighted by molar-refractivity contribution is -0.870. The lowest BCUT2D eigenvalue weighted by atomic mass is 10.1. The van der Waals surface area contributed by atoms with Crippen molar-refractivity contribution in [3.05, 3.63) is 35.4 Å². The van der Waals surface area contributed by atoms with Gasteiger partial charge in [0.25, 0.3) is 0 Å². The van der Waals surface area contributed by atoms with Gasteiger partial charge >= 0.3 is 5.97 Å². The number of quaternary nitrogens is 1. The summed E-state index contributed by atoms with van der Waals surface area (Å²) in [6.07, 6.45) is 1.57. The van der Waals surface area contributed by atoms with Crippen molar-refractivity contribution in [2.24, 2.45) is 0 Å². The molecule has 0 amide bonds. The van der Waals surface area contributed by atoms with Crippen molar-refractivity contribution in [2.45, 2.75) is 13.8 Å². The van der Waals surface area contributed by atoms with Gasteiger partial charge in [-0.25, -0.2) is 4.79 Å². The molecule has 0 N–H and O–H groups in total. The van der Waals surface area contributed by atoms with Crippen molar-refractivity contribution < 1.29 is 26.4 Å². The number of anilines is 1. The Morgan fingerprint density at radius 2 is 1.76 bits per heavy atom. The van der Waals surface area contributed by atoms with Crippen LogP contribution in [-0.2, 0) is 9.53 Å². The van der Waals surface area contributed by atoms with Gasteiger partial charge in [0.2, 0.25) is 0 Å². The smallest absolute Gasteiger partial charge is 0.349 e. The topological polar surface area (TPSA) is 53.3 Å². The lowest BCUT2D eigenvalue weighted by Crippen LogP contribution is -3.00. The first-order valence-electron chi connectivity index (χ1n) is 8.25. The Morgan fingerprint density at radius 3 is 2.20 bits per heavy atom. The van der Waals surface area contributed by atoms with Gasteiger partial charge in [0.1, 0.15) is 24.8 Å². The minimum Gasteiger partial charge on any atom is -1.00 e. The van der Waals surface area contributed by atoms with Crippen molar-refractivity contribution in [3.8, 4) is 6.07 Å². The molecule has 0 atom stereocenters. The number of benzene rings is 1. The van der Waals surface area contributed by atoms with Gasteiger partial charge in [-0.3, -0.25) is 0 Å². The first kappa shape index (κ1) is 23.0. The highest BCUT2D eigenvalue weighted by Gasteiger charge is 2.13. The number of likely N-dealkylation sites (N-methyl/N-ethyl adjacent to an activating group) is 1. The number of carbonyl (C=O) groups excluding carboxylic acids is 1. The van der Waals surface area contributed by atoms with Crippen LogP contribution in [0.3, 0.4) is 0 Å². The molecule has 0 aliphatic carbocycles. The molecule has 0 bridgehead atoms. The Morgan fingerprint density at radius 1 is 1.20 bits per heavy atom. The zero-order valence-electron chi connectivity index (χ0n) is 15.8. The summed E-state index contributed by atoms with van der Waals surface area (Å²) in [4.78, 5) is 14.2. The number of halogens is 1. The molecule has 0 aliphatic heterocycles. The summed E-state index contributed by atoms with van der Waals surface area (Å²) in [6, 6.07) is 9.74. The molecule has 5 nitrogen and oxygen atoms in total. The molecule has 0 heterocycles. The fourth-order valence-corrected chi connectivity index (χ4v) is 2.16. The Labute approximate surface area is 157 Å². The Balaban J connectivity index is 0.00000576. The van der Waals surface area contributed by atoms with Gasteiger partial charge < -0.3 is 26.5 Å². The summed E-state index contributed by atoms with van der Waals surface area (Å²) in [7, 11) is 6.06. The molecule has 0 aliphatic rings. The predicted molar refractivity (Wildman–Crippen MR) is 97.5 cm³/mol. The molecular formula is C19H28ClN3O2. The van der Waals surface area contributed by atoms with Gasteiger partial charge in [-0.1, -0.05) is 12.1 Å². The van der Waals surface area contributed by atoms with E-state index in [9.17, 15) is 10.1 Å². The van der Waals surface area contributed by atoms with E-state index in [1.54, 1.807) is 6.08 Å². The number of rotatable bonds is 8. The number of carbonyl (C=O) groups is 1. The average Bonchev–Trinajstić information content (AvgIpc) is 2.53. The van der Waals surface area contributed by atoms with Crippen molar-refractivity contribution in [1.29, 1.82) is 5.26 Å². The van der Waals surface area contributed by atoms with Gasteiger partial charge in [0.05, 0.1) is 21.1 Å². The average molecular weight is 366 g/mol. The van der Waals surface area contributed by atoms with Crippen LogP contribution in [0.5, 0.6) is 0 Å². The van der Waals surface area contributed by atoms with Crippen LogP contribution in [0, 0.1) is 11.3 Å². The molecule has 138 valence electrons. The maximum Gasteiger partial charge on any atom is 0.349 e. The van der Waals surface area contributed by atoms with E-state index in [1.807, 2.05) is 51.5 Å². The van der Waals surface area contributed by atoms with Crippen LogP contribution >= 0.6 is 0 Å². The van der Waals surface area contributed by atoms with Crippen LogP contribution in [0.4, 0.5) is 5.69 Å². The van der Waals surface area contributed by atoms with Crippen molar-refractivity contribution in [3.63, 3.8) is 0 Å². The van der Waals surface area contributed by atoms with Crippen molar-refractivity contribution in [2.75, 3.05) is 52.3 Å². The van der Waals surface area contributed by atoms with E-state index in [-0.39, 0.29) is 18.0 Å². The third-order valence-electron chi connectivity index (χ3n) is 3.67. The molecular weight excluding hydrogens is 338 g/mol. The van der Waals surface area contributed by atoms with E-state index in [0.29, 0.717) is 17.6 Å². The largest absolute Gasteiger partial charge is 1.00 e. The number of nitrogens with zero attached hydrogens (tertiary/aromatic N) is 3. The first-order chi connectivity index (χ1) is 11.3. The van der Waals surface area contributed by atoms with Gasteiger partial charge in [-0.2, -0.15) is 5.26 Å². The standard InChI is InChI=1S/C19H28N3O2.ClH/c1-6-21(7-2)18-10-8-16(9-11-18)14-17(15-20)19(23)24-13-12-22(3,4)5;/h8-11,14H,6-7,12-13H2,1-5H3;1H/q+1;/p-1. The minimum absolute atomic E-state index is 0. The molecule has 0 saturated carbocycles. The Kier molecular flexibility index (Phi) is 9.88. The summed E-state index contributed by atoms with van der Waals surface area (Å²) in [6.45, 7) is 7.08. The zero-order valence-corrected chi connectivity index (χ0v) is 16.5. The van der Waals surface area contributed by atoms with Gasteiger partial charge in [-0.05, 0) is 37.6 Å². The SMILES string of the molecule is CCN(CC)c1ccc(C=C(C#N)C(=O)OCC[N+](C)(C)C)cc1.[Cl-]. The van der Waals surface area contributed by atoms with E-state index in [0.717, 1.165) is 24.3 Å². The summed E-state index contributed by atoms with van der Waals surface area (Å²) < 4.78 is 5.89. The fourth-order valence-electron chi connectivity index (χ4n) is 2.16. The summed E-state index contributed by atoms with van der Waals surface area (Å²) in [5.41, 5.74) is 1.96. The number of hydrogen-bond acceptors (Lipinski definition) is 4. The van der Waals surface area contributed by atoms with Gasteiger partial charge in [0.15, 0.2) is 0 Å². The molecule has 0 aromatic heterocycles. The molecule has 1 rings (SSSR count). The molecule has 0 spiro atoms. The lowest BCUT2D eigenvalue weighted by Gasteiger charge is -2.23. The molecule has 0 saturated heterocycles. The quantitative estimate of drug-likeness (QED) is 0.274. The number of ether oxygens (including phenoxy) is 1. The maximum absolute atomic E-state index is 12.0. The van der Waals surface area contributed by atoms with Crippen molar-refractivity contribution >= 4 is 17.7 Å². The van der Waals surface area contributed by atoms with E-state index in [4.69, 9.17) is 4.74 Å². The van der Waals surface area contributed by atoms with E-state index >= 15 is 0 Å². The zero-order chi connectivity index (χ0) is 18.2. The fraction of sp³-hybridized carbons (Fsp3) is 0.474. The van der Waals surface area contributed by atoms with Gasteiger partial charge in [0, 0.05) is 18.8 Å². The second-order valence-electron chi connectivity index (χ2n) is 6.58. The van der Waals surface area contributed by atoms with Gasteiger partial charge in [-0.15, -0.1) is 0 Å². The predicted octanol–water partition coefficient (Wildman–Crippen LogP) is -0.307. The van der Waals surface area contributed by atoms with Crippen molar-refractivity contribution in [1.82, 2.24) is 0 Å². The molecule has 6 heteroatoms. The second-order valence-corrected chi connectivity index (χ2v) is 6.58.